The number of carbonyl (C=O) groups excluding carboxylic acids is 2. The quantitative estimate of drug-likeness (QED) is 0.597. The Morgan fingerprint density at radius 2 is 2.17 bits per heavy atom. The highest BCUT2D eigenvalue weighted by Crippen LogP contribution is 2.30. The first kappa shape index (κ1) is 17.6. The van der Waals surface area contributed by atoms with Crippen molar-refractivity contribution in [2.45, 2.75) is 25.8 Å². The number of aromatic nitrogens is 2. The van der Waals surface area contributed by atoms with Crippen molar-refractivity contribution in [3.63, 3.8) is 0 Å². The largest absolute Gasteiger partial charge is 0.480 e. The number of nitrogens with zero attached hydrogens (tertiary/aromatic N) is 2. The van der Waals surface area contributed by atoms with Gasteiger partial charge in [-0.25, -0.2) is 19.6 Å². The van der Waals surface area contributed by atoms with Crippen LogP contribution < -0.4 is 11.1 Å². The number of carboxylic acid groups (broad SMARTS) is 1. The summed E-state index contributed by atoms with van der Waals surface area (Å²) in [7, 11) is 0. The molecule has 10 heteroatoms. The number of amides is 1. The summed E-state index contributed by atoms with van der Waals surface area (Å²) in [4.78, 5) is 42.9. The lowest BCUT2D eigenvalue weighted by atomic mass is 10.1. The van der Waals surface area contributed by atoms with Crippen LogP contribution in [-0.2, 0) is 14.3 Å². The molecule has 0 radical (unpaired) electrons. The Balaban J connectivity index is 2.36. The number of anilines is 1. The number of thiophene rings is 1. The van der Waals surface area contributed by atoms with Crippen LogP contribution in [0.25, 0.3) is 10.2 Å². The fourth-order valence-corrected chi connectivity index (χ4v) is 2.93. The molecule has 2 aromatic rings. The summed E-state index contributed by atoms with van der Waals surface area (Å²) in [5, 5.41) is 14.0. The van der Waals surface area contributed by atoms with Crippen LogP contribution in [0.2, 0.25) is 0 Å². The van der Waals surface area contributed by atoms with Gasteiger partial charge in [0.15, 0.2) is 0 Å². The zero-order chi connectivity index (χ0) is 17.7. The van der Waals surface area contributed by atoms with E-state index in [-0.39, 0.29) is 30.8 Å². The van der Waals surface area contributed by atoms with E-state index < -0.39 is 23.9 Å². The molecule has 2 heterocycles. The van der Waals surface area contributed by atoms with E-state index in [0.29, 0.717) is 10.2 Å². The molecule has 0 saturated carbocycles. The van der Waals surface area contributed by atoms with Gasteiger partial charge in [0.05, 0.1) is 17.6 Å². The summed E-state index contributed by atoms with van der Waals surface area (Å²) in [6.45, 7) is 1.90. The molecule has 0 saturated heterocycles. The van der Waals surface area contributed by atoms with Crippen molar-refractivity contribution in [1.82, 2.24) is 9.97 Å². The van der Waals surface area contributed by atoms with Crippen LogP contribution in [-0.4, -0.2) is 45.6 Å². The van der Waals surface area contributed by atoms with Crippen molar-refractivity contribution in [2.75, 3.05) is 11.9 Å². The van der Waals surface area contributed by atoms with Gasteiger partial charge in [0.25, 0.3) is 0 Å². The molecule has 0 aliphatic heterocycles. The summed E-state index contributed by atoms with van der Waals surface area (Å²) in [6, 6.07) is -1.08. The van der Waals surface area contributed by atoms with E-state index in [9.17, 15) is 19.5 Å². The fraction of sp³-hybridized carbons (Fsp3) is 0.357. The minimum Gasteiger partial charge on any atom is -0.480 e. The number of fused-ring (bicyclic) bond motifs is 1. The molecular weight excluding hydrogens is 336 g/mol. The highest BCUT2D eigenvalue weighted by Gasteiger charge is 2.23. The van der Waals surface area contributed by atoms with Crippen LogP contribution >= 0.6 is 11.3 Å². The van der Waals surface area contributed by atoms with Gasteiger partial charge in [-0.15, -0.1) is 11.3 Å². The highest BCUT2D eigenvalue weighted by atomic mass is 32.1. The lowest BCUT2D eigenvalue weighted by Gasteiger charge is -2.15. The molecular formula is C14H16N4O5S. The Labute approximate surface area is 140 Å². The first-order valence-electron chi connectivity index (χ1n) is 7.11. The standard InChI is InChI=1S/C14H16N4O5S/c1-2-23-14(22)7-5-24-12-10(7)11(16-6-17-12)18-8(13(20)21)3-4-9(15)19/h5-6,8H,2-4H2,1H3,(H2,15,19)(H,20,21)(H,16,17,18). The Hall–Kier alpha value is -2.75. The molecule has 0 spiro atoms. The number of hydrogen-bond donors (Lipinski definition) is 3. The number of primary amides is 1. The van der Waals surface area contributed by atoms with Crippen molar-refractivity contribution in [2.24, 2.45) is 5.73 Å². The van der Waals surface area contributed by atoms with Crippen molar-refractivity contribution in [3.8, 4) is 0 Å². The van der Waals surface area contributed by atoms with E-state index in [2.05, 4.69) is 15.3 Å². The van der Waals surface area contributed by atoms with E-state index in [0.717, 1.165) is 0 Å². The molecule has 0 aliphatic rings. The summed E-state index contributed by atoms with van der Waals surface area (Å²) in [5.74, 6) is -2.10. The SMILES string of the molecule is CCOC(=O)c1csc2ncnc(NC(CCC(N)=O)C(=O)O)c12. The molecule has 4 N–H and O–H groups in total. The predicted molar refractivity (Wildman–Crippen MR) is 86.8 cm³/mol. The molecule has 1 amide bonds. The molecule has 24 heavy (non-hydrogen) atoms. The number of aliphatic carboxylic acids is 1. The maximum atomic E-state index is 12.0. The topological polar surface area (TPSA) is 144 Å². The minimum atomic E-state index is -1.16. The van der Waals surface area contributed by atoms with Gasteiger partial charge >= 0.3 is 11.9 Å². The maximum absolute atomic E-state index is 12.0. The van der Waals surface area contributed by atoms with Crippen molar-refractivity contribution < 1.29 is 24.2 Å². The zero-order valence-corrected chi connectivity index (χ0v) is 13.6. The van der Waals surface area contributed by atoms with Crippen LogP contribution in [0.1, 0.15) is 30.1 Å². The minimum absolute atomic E-state index is 0.00492. The molecule has 2 aromatic heterocycles. The van der Waals surface area contributed by atoms with Gasteiger partial charge in [0, 0.05) is 11.8 Å². The van der Waals surface area contributed by atoms with Crippen LogP contribution in [0.3, 0.4) is 0 Å². The molecule has 1 atom stereocenters. The molecule has 2 rings (SSSR count). The van der Waals surface area contributed by atoms with Crippen LogP contribution in [0.5, 0.6) is 0 Å². The lowest BCUT2D eigenvalue weighted by molar-refractivity contribution is -0.138. The zero-order valence-electron chi connectivity index (χ0n) is 12.8. The average molecular weight is 352 g/mol. The summed E-state index contributed by atoms with van der Waals surface area (Å²) < 4.78 is 4.99. The number of hydrogen-bond acceptors (Lipinski definition) is 8. The number of nitrogens with one attached hydrogen (secondary N) is 1. The number of ether oxygens (including phenoxy) is 1. The van der Waals surface area contributed by atoms with Crippen molar-refractivity contribution in [3.05, 3.63) is 17.3 Å². The summed E-state index contributed by atoms with van der Waals surface area (Å²) in [6.07, 6.45) is 1.17. The molecule has 0 aliphatic carbocycles. The number of esters is 1. The monoisotopic (exact) mass is 352 g/mol. The highest BCUT2D eigenvalue weighted by molar-refractivity contribution is 7.17. The molecule has 0 aromatic carbocycles. The molecule has 9 nitrogen and oxygen atoms in total. The second-order valence-corrected chi connectivity index (χ2v) is 5.67. The van der Waals surface area contributed by atoms with Gasteiger partial charge in [-0.2, -0.15) is 0 Å². The second kappa shape index (κ2) is 7.68. The normalized spacial score (nSPS) is 11.9. The third-order valence-electron chi connectivity index (χ3n) is 3.15. The third-order valence-corrected chi connectivity index (χ3v) is 4.04. The fourth-order valence-electron chi connectivity index (χ4n) is 2.05. The van der Waals surface area contributed by atoms with Gasteiger partial charge in [0.2, 0.25) is 5.91 Å². The Kier molecular flexibility index (Phi) is 5.64. The van der Waals surface area contributed by atoms with E-state index >= 15 is 0 Å². The lowest BCUT2D eigenvalue weighted by Crippen LogP contribution is -2.31. The Morgan fingerprint density at radius 3 is 2.79 bits per heavy atom. The second-order valence-electron chi connectivity index (χ2n) is 4.81. The number of rotatable bonds is 8. The first-order valence-corrected chi connectivity index (χ1v) is 7.99. The van der Waals surface area contributed by atoms with Gasteiger partial charge in [-0.3, -0.25) is 4.79 Å². The van der Waals surface area contributed by atoms with Crippen molar-refractivity contribution in [1.29, 1.82) is 0 Å². The van der Waals surface area contributed by atoms with Crippen LogP contribution in [0, 0.1) is 0 Å². The average Bonchev–Trinajstić information content (AvgIpc) is 2.96. The molecule has 128 valence electrons. The van der Waals surface area contributed by atoms with E-state index in [1.807, 2.05) is 0 Å². The predicted octanol–water partition coefficient (Wildman–Crippen LogP) is 0.999. The Morgan fingerprint density at radius 1 is 1.42 bits per heavy atom. The van der Waals surface area contributed by atoms with E-state index in [4.69, 9.17) is 10.5 Å². The number of nitrogens with two attached hydrogens (primary N) is 1. The summed E-state index contributed by atoms with van der Waals surface area (Å²) >= 11 is 1.22. The third kappa shape index (κ3) is 3.96. The number of carboxylic acids is 1. The van der Waals surface area contributed by atoms with Gasteiger partial charge < -0.3 is 20.9 Å². The Bertz CT molecular complexity index is 776. The summed E-state index contributed by atoms with van der Waals surface area (Å²) in [5.41, 5.74) is 5.32. The van der Waals surface area contributed by atoms with Gasteiger partial charge in [-0.05, 0) is 13.3 Å². The number of carbonyl (C=O) groups is 3. The molecule has 1 unspecified atom stereocenters. The van der Waals surface area contributed by atoms with Gasteiger partial charge in [0.1, 0.15) is 23.0 Å². The van der Waals surface area contributed by atoms with E-state index in [1.54, 1.807) is 12.3 Å². The van der Waals surface area contributed by atoms with E-state index in [1.165, 1.54) is 17.7 Å². The molecule has 0 fully saturated rings. The van der Waals surface area contributed by atoms with Crippen molar-refractivity contribution >= 4 is 45.2 Å². The molecule has 0 bridgehead atoms. The smallest absolute Gasteiger partial charge is 0.339 e. The van der Waals surface area contributed by atoms with Crippen LogP contribution in [0.15, 0.2) is 11.7 Å². The first-order chi connectivity index (χ1) is 11.4. The van der Waals surface area contributed by atoms with Crippen LogP contribution in [0.4, 0.5) is 5.82 Å². The van der Waals surface area contributed by atoms with Gasteiger partial charge in [-0.1, -0.05) is 0 Å². The maximum Gasteiger partial charge on any atom is 0.339 e.